The second-order valence-electron chi connectivity index (χ2n) is 7.31. The van der Waals surface area contributed by atoms with Gasteiger partial charge in [-0.15, -0.1) is 0 Å². The number of guanidine groups is 1. The van der Waals surface area contributed by atoms with Crippen LogP contribution in [0.1, 0.15) is 43.6 Å². The van der Waals surface area contributed by atoms with Crippen LogP contribution >= 0.6 is 0 Å². The molecule has 2 aromatic heterocycles. The van der Waals surface area contributed by atoms with Gasteiger partial charge in [-0.1, -0.05) is 6.07 Å². The van der Waals surface area contributed by atoms with Gasteiger partial charge in [-0.3, -0.25) is 0 Å². The average Bonchev–Trinajstić information content (AvgIpc) is 3.23. The molecule has 27 heavy (non-hydrogen) atoms. The zero-order valence-corrected chi connectivity index (χ0v) is 16.7. The highest BCUT2D eigenvalue weighted by Crippen LogP contribution is 2.23. The van der Waals surface area contributed by atoms with Gasteiger partial charge in [0.15, 0.2) is 11.8 Å². The van der Waals surface area contributed by atoms with Gasteiger partial charge in [0.05, 0.1) is 17.8 Å². The number of aliphatic imine (C=N–C) groups is 1. The minimum atomic E-state index is -0.0981. The molecule has 0 radical (unpaired) electrons. The van der Waals surface area contributed by atoms with Gasteiger partial charge in [0, 0.05) is 31.6 Å². The normalized spacial score (nSPS) is 20.1. The van der Waals surface area contributed by atoms with E-state index in [1.54, 1.807) is 0 Å². The number of ether oxygens (including phenoxy) is 1. The van der Waals surface area contributed by atoms with Crippen LogP contribution in [0, 0.1) is 13.8 Å². The molecule has 3 rings (SSSR count). The molecule has 0 bridgehead atoms. The maximum atomic E-state index is 5.83. The predicted octanol–water partition coefficient (Wildman–Crippen LogP) is 2.51. The van der Waals surface area contributed by atoms with E-state index in [1.165, 1.54) is 0 Å². The number of nitrogens with zero attached hydrogens (tertiary/aromatic N) is 4. The van der Waals surface area contributed by atoms with Crippen molar-refractivity contribution < 1.29 is 4.74 Å². The molecule has 1 atom stereocenters. The first-order valence-electron chi connectivity index (χ1n) is 9.64. The Kier molecular flexibility index (Phi) is 6.11. The standard InChI is InChI=1S/C20H30N6O/c1-5-21-19(24-14-20(4)9-6-10-27-20)23-13-17-7-8-18(22-12-17)26-16(3)11-15(2)25-26/h7-8,11-12H,5-6,9-10,13-14H2,1-4H3,(H2,21,23,24). The lowest BCUT2D eigenvalue weighted by Gasteiger charge is -2.24. The Morgan fingerprint density at radius 2 is 2.19 bits per heavy atom. The molecule has 3 heterocycles. The number of hydrogen-bond acceptors (Lipinski definition) is 4. The van der Waals surface area contributed by atoms with Gasteiger partial charge >= 0.3 is 0 Å². The van der Waals surface area contributed by atoms with Crippen LogP contribution in [0.3, 0.4) is 0 Å². The fourth-order valence-electron chi connectivity index (χ4n) is 3.26. The minimum absolute atomic E-state index is 0.0981. The topological polar surface area (TPSA) is 76.4 Å². The van der Waals surface area contributed by atoms with Crippen LogP contribution in [0.5, 0.6) is 0 Å². The van der Waals surface area contributed by atoms with Gasteiger partial charge in [0.1, 0.15) is 0 Å². The van der Waals surface area contributed by atoms with Crippen molar-refractivity contribution in [2.45, 2.75) is 52.7 Å². The summed E-state index contributed by atoms with van der Waals surface area (Å²) in [5.74, 6) is 1.63. The van der Waals surface area contributed by atoms with Crippen LogP contribution in [-0.4, -0.2) is 46.0 Å². The molecule has 1 fully saturated rings. The molecule has 0 aromatic carbocycles. The maximum absolute atomic E-state index is 5.83. The predicted molar refractivity (Wildman–Crippen MR) is 107 cm³/mol. The van der Waals surface area contributed by atoms with E-state index in [9.17, 15) is 0 Å². The summed E-state index contributed by atoms with van der Waals surface area (Å²) in [6.45, 7) is 11.2. The molecule has 0 saturated carbocycles. The lowest BCUT2D eigenvalue weighted by Crippen LogP contribution is -2.45. The van der Waals surface area contributed by atoms with Crippen molar-refractivity contribution >= 4 is 5.96 Å². The van der Waals surface area contributed by atoms with Gasteiger partial charge in [0.25, 0.3) is 0 Å². The summed E-state index contributed by atoms with van der Waals surface area (Å²) in [5.41, 5.74) is 3.02. The number of rotatable bonds is 6. The molecule has 0 aliphatic carbocycles. The second-order valence-corrected chi connectivity index (χ2v) is 7.31. The summed E-state index contributed by atoms with van der Waals surface area (Å²) in [6, 6.07) is 6.08. The fourth-order valence-corrected chi connectivity index (χ4v) is 3.26. The van der Waals surface area contributed by atoms with Crippen LogP contribution in [0.25, 0.3) is 5.82 Å². The lowest BCUT2D eigenvalue weighted by molar-refractivity contribution is 0.0243. The van der Waals surface area contributed by atoms with Crippen molar-refractivity contribution in [2.24, 2.45) is 4.99 Å². The Bertz CT molecular complexity index is 774. The van der Waals surface area contributed by atoms with Crippen molar-refractivity contribution in [2.75, 3.05) is 19.7 Å². The smallest absolute Gasteiger partial charge is 0.191 e. The van der Waals surface area contributed by atoms with Gasteiger partial charge in [-0.2, -0.15) is 5.10 Å². The summed E-state index contributed by atoms with van der Waals surface area (Å²) >= 11 is 0. The summed E-state index contributed by atoms with van der Waals surface area (Å²) in [6.07, 6.45) is 4.07. The highest BCUT2D eigenvalue weighted by Gasteiger charge is 2.29. The number of nitrogens with one attached hydrogen (secondary N) is 2. The van der Waals surface area contributed by atoms with Gasteiger partial charge < -0.3 is 15.4 Å². The third-order valence-corrected chi connectivity index (χ3v) is 4.73. The molecule has 2 aromatic rings. The molecular weight excluding hydrogens is 340 g/mol. The fraction of sp³-hybridized carbons (Fsp3) is 0.550. The number of pyridine rings is 1. The highest BCUT2D eigenvalue weighted by atomic mass is 16.5. The van der Waals surface area contributed by atoms with Crippen molar-refractivity contribution in [3.63, 3.8) is 0 Å². The number of hydrogen-bond donors (Lipinski definition) is 2. The third kappa shape index (κ3) is 5.07. The molecule has 146 valence electrons. The zero-order valence-electron chi connectivity index (χ0n) is 16.7. The molecule has 1 aliphatic rings. The Hall–Kier alpha value is -2.41. The lowest BCUT2D eigenvalue weighted by atomic mass is 10.0. The van der Waals surface area contributed by atoms with Crippen molar-refractivity contribution in [3.05, 3.63) is 41.3 Å². The van der Waals surface area contributed by atoms with Crippen LogP contribution in [0.4, 0.5) is 0 Å². The molecular formula is C20H30N6O. The van der Waals surface area contributed by atoms with Crippen molar-refractivity contribution in [1.82, 2.24) is 25.4 Å². The molecule has 0 amide bonds. The monoisotopic (exact) mass is 370 g/mol. The Morgan fingerprint density at radius 3 is 2.78 bits per heavy atom. The molecule has 0 spiro atoms. The van der Waals surface area contributed by atoms with Gasteiger partial charge in [-0.25, -0.2) is 14.7 Å². The number of aryl methyl sites for hydroxylation is 2. The quantitative estimate of drug-likeness (QED) is 0.604. The molecule has 2 N–H and O–H groups in total. The summed E-state index contributed by atoms with van der Waals surface area (Å²) in [5, 5.41) is 11.2. The van der Waals surface area contributed by atoms with E-state index >= 15 is 0 Å². The molecule has 7 heteroatoms. The van der Waals surface area contributed by atoms with E-state index < -0.39 is 0 Å². The minimum Gasteiger partial charge on any atom is -0.373 e. The summed E-state index contributed by atoms with van der Waals surface area (Å²) in [4.78, 5) is 9.21. The first kappa shape index (κ1) is 19.4. The van der Waals surface area contributed by atoms with E-state index in [2.05, 4.69) is 39.6 Å². The zero-order chi connectivity index (χ0) is 19.3. The highest BCUT2D eigenvalue weighted by molar-refractivity contribution is 5.79. The Balaban J connectivity index is 1.62. The van der Waals surface area contributed by atoms with Crippen LogP contribution in [0.2, 0.25) is 0 Å². The van der Waals surface area contributed by atoms with E-state index in [0.717, 1.165) is 61.3 Å². The van der Waals surface area contributed by atoms with Gasteiger partial charge in [0.2, 0.25) is 0 Å². The van der Waals surface area contributed by atoms with E-state index in [0.29, 0.717) is 6.54 Å². The summed E-state index contributed by atoms with van der Waals surface area (Å²) < 4.78 is 7.69. The van der Waals surface area contributed by atoms with Crippen molar-refractivity contribution in [3.8, 4) is 5.82 Å². The van der Waals surface area contributed by atoms with E-state index in [1.807, 2.05) is 42.9 Å². The molecule has 1 saturated heterocycles. The molecule has 1 aliphatic heterocycles. The number of aromatic nitrogens is 3. The molecule has 7 nitrogen and oxygen atoms in total. The van der Waals surface area contributed by atoms with Crippen LogP contribution in [-0.2, 0) is 11.3 Å². The first-order chi connectivity index (χ1) is 13.0. The average molecular weight is 371 g/mol. The Labute approximate surface area is 161 Å². The first-order valence-corrected chi connectivity index (χ1v) is 9.64. The van der Waals surface area contributed by atoms with Crippen LogP contribution in [0.15, 0.2) is 29.4 Å². The van der Waals surface area contributed by atoms with E-state index in [-0.39, 0.29) is 5.60 Å². The maximum Gasteiger partial charge on any atom is 0.191 e. The second kappa shape index (κ2) is 8.52. The van der Waals surface area contributed by atoms with E-state index in [4.69, 9.17) is 4.74 Å². The largest absolute Gasteiger partial charge is 0.373 e. The van der Waals surface area contributed by atoms with Crippen LogP contribution < -0.4 is 10.6 Å². The third-order valence-electron chi connectivity index (χ3n) is 4.73. The van der Waals surface area contributed by atoms with Gasteiger partial charge in [-0.05, 0) is 58.2 Å². The SMILES string of the molecule is CCNC(=NCc1ccc(-n2nc(C)cc2C)nc1)NCC1(C)CCCO1. The Morgan fingerprint density at radius 1 is 1.33 bits per heavy atom. The van der Waals surface area contributed by atoms with Crippen molar-refractivity contribution in [1.29, 1.82) is 0 Å². The summed E-state index contributed by atoms with van der Waals surface area (Å²) in [7, 11) is 0. The molecule has 1 unspecified atom stereocenters.